The highest BCUT2D eigenvalue weighted by atomic mass is 16.4. The number of aromatic hydroxyl groups is 1. The quantitative estimate of drug-likeness (QED) is 0.809. The molecule has 0 saturated heterocycles. The Morgan fingerprint density at radius 1 is 1.31 bits per heavy atom. The van der Waals surface area contributed by atoms with Crippen molar-refractivity contribution in [3.05, 3.63) is 35.5 Å². The van der Waals surface area contributed by atoms with Crippen LogP contribution < -0.4 is 0 Å². The third kappa shape index (κ3) is 1.58. The van der Waals surface area contributed by atoms with Crippen LogP contribution in [0.15, 0.2) is 24.3 Å². The number of phenols is 1. The van der Waals surface area contributed by atoms with E-state index in [0.29, 0.717) is 5.52 Å². The zero-order valence-electron chi connectivity index (χ0n) is 8.77. The number of nitrogens with zero attached hydrogens (tertiary/aromatic N) is 1. The maximum Gasteiger partial charge on any atom is 0.339 e. The summed E-state index contributed by atoms with van der Waals surface area (Å²) >= 11 is 0. The van der Waals surface area contributed by atoms with E-state index in [-0.39, 0.29) is 11.3 Å². The topological polar surface area (TPSA) is 70.4 Å². The van der Waals surface area contributed by atoms with Crippen molar-refractivity contribution >= 4 is 16.9 Å². The van der Waals surface area contributed by atoms with Gasteiger partial charge in [-0.1, -0.05) is 19.1 Å². The Hall–Kier alpha value is -2.10. The summed E-state index contributed by atoms with van der Waals surface area (Å²) in [5.74, 6) is -1.41. The van der Waals surface area contributed by atoms with Gasteiger partial charge in [-0.3, -0.25) is 0 Å². The molecule has 0 fully saturated rings. The first-order chi connectivity index (χ1) is 7.63. The average molecular weight is 217 g/mol. The Morgan fingerprint density at radius 2 is 2.00 bits per heavy atom. The Morgan fingerprint density at radius 3 is 2.62 bits per heavy atom. The molecule has 2 rings (SSSR count). The third-order valence-electron chi connectivity index (χ3n) is 2.49. The molecule has 1 aromatic carbocycles. The van der Waals surface area contributed by atoms with Crippen molar-refractivity contribution in [2.24, 2.45) is 0 Å². The molecule has 4 heteroatoms. The standard InChI is InChI=1S/C12H11NO3/c1-2-8-5-3-7-4-6-9(12(15)16)11(14)10(7)13-8/h3-6,14H,2H2,1H3,(H,15,16). The fraction of sp³-hybridized carbons (Fsp3) is 0.167. The van der Waals surface area contributed by atoms with E-state index in [1.54, 1.807) is 6.07 Å². The molecule has 0 bridgehead atoms. The van der Waals surface area contributed by atoms with Gasteiger partial charge in [-0.25, -0.2) is 9.78 Å². The van der Waals surface area contributed by atoms with Crippen LogP contribution in [0.2, 0.25) is 0 Å². The molecule has 4 nitrogen and oxygen atoms in total. The van der Waals surface area contributed by atoms with Crippen molar-refractivity contribution in [2.75, 3.05) is 0 Å². The normalized spacial score (nSPS) is 10.6. The number of aryl methyl sites for hydroxylation is 1. The molecule has 0 spiro atoms. The molecule has 2 aromatic rings. The minimum absolute atomic E-state index is 0.117. The summed E-state index contributed by atoms with van der Waals surface area (Å²) < 4.78 is 0. The predicted molar refractivity (Wildman–Crippen MR) is 59.7 cm³/mol. The molecule has 0 radical (unpaired) electrons. The second-order valence-electron chi connectivity index (χ2n) is 3.49. The van der Waals surface area contributed by atoms with E-state index < -0.39 is 5.97 Å². The molecular formula is C12H11NO3. The van der Waals surface area contributed by atoms with E-state index in [1.165, 1.54) is 6.07 Å². The summed E-state index contributed by atoms with van der Waals surface area (Å²) in [5, 5.41) is 19.4. The van der Waals surface area contributed by atoms with Crippen molar-refractivity contribution < 1.29 is 15.0 Å². The second-order valence-corrected chi connectivity index (χ2v) is 3.49. The Balaban J connectivity index is 2.75. The highest BCUT2D eigenvalue weighted by Crippen LogP contribution is 2.27. The van der Waals surface area contributed by atoms with Crippen LogP contribution in [0.5, 0.6) is 5.75 Å². The number of fused-ring (bicyclic) bond motifs is 1. The Bertz CT molecular complexity index is 563. The molecule has 0 unspecified atom stereocenters. The molecule has 0 aliphatic rings. The van der Waals surface area contributed by atoms with Crippen LogP contribution >= 0.6 is 0 Å². The summed E-state index contributed by atoms with van der Waals surface area (Å²) in [5.41, 5.74) is 1.05. The van der Waals surface area contributed by atoms with Gasteiger partial charge >= 0.3 is 5.97 Å². The fourth-order valence-electron chi connectivity index (χ4n) is 1.58. The zero-order valence-corrected chi connectivity index (χ0v) is 8.77. The smallest absolute Gasteiger partial charge is 0.339 e. The number of benzene rings is 1. The van der Waals surface area contributed by atoms with Crippen LogP contribution in [0.3, 0.4) is 0 Å². The number of carboxylic acids is 1. The van der Waals surface area contributed by atoms with Gasteiger partial charge < -0.3 is 10.2 Å². The Kier molecular flexibility index (Phi) is 2.48. The molecule has 1 aromatic heterocycles. The van der Waals surface area contributed by atoms with Crippen molar-refractivity contribution in [1.29, 1.82) is 0 Å². The van der Waals surface area contributed by atoms with Gasteiger partial charge in [0.25, 0.3) is 0 Å². The molecule has 0 atom stereocenters. The van der Waals surface area contributed by atoms with Gasteiger partial charge in [-0.15, -0.1) is 0 Å². The number of carbonyl (C=O) groups is 1. The fourth-order valence-corrected chi connectivity index (χ4v) is 1.58. The van der Waals surface area contributed by atoms with E-state index in [4.69, 9.17) is 5.11 Å². The molecule has 0 amide bonds. The number of rotatable bonds is 2. The molecule has 0 saturated carbocycles. The van der Waals surface area contributed by atoms with Crippen LogP contribution in [0.4, 0.5) is 0 Å². The van der Waals surface area contributed by atoms with E-state index in [1.807, 2.05) is 19.1 Å². The number of carboxylic acid groups (broad SMARTS) is 1. The van der Waals surface area contributed by atoms with Crippen LogP contribution in [-0.2, 0) is 6.42 Å². The lowest BCUT2D eigenvalue weighted by Gasteiger charge is -2.05. The lowest BCUT2D eigenvalue weighted by atomic mass is 10.1. The average Bonchev–Trinajstić information content (AvgIpc) is 2.28. The van der Waals surface area contributed by atoms with Crippen LogP contribution in [-0.4, -0.2) is 21.2 Å². The maximum atomic E-state index is 10.8. The van der Waals surface area contributed by atoms with Gasteiger partial charge in [0.1, 0.15) is 11.1 Å². The van der Waals surface area contributed by atoms with Crippen molar-refractivity contribution in [3.63, 3.8) is 0 Å². The van der Waals surface area contributed by atoms with Gasteiger partial charge in [0.15, 0.2) is 5.75 Å². The SMILES string of the molecule is CCc1ccc2ccc(C(=O)O)c(O)c2n1. The molecule has 0 aliphatic heterocycles. The second kappa shape index (κ2) is 3.81. The van der Waals surface area contributed by atoms with Gasteiger partial charge in [0.05, 0.1) is 0 Å². The summed E-state index contributed by atoms with van der Waals surface area (Å²) in [7, 11) is 0. The van der Waals surface area contributed by atoms with Crippen molar-refractivity contribution in [1.82, 2.24) is 4.98 Å². The number of pyridine rings is 1. The molecule has 1 heterocycles. The summed E-state index contributed by atoms with van der Waals surface area (Å²) in [6.07, 6.45) is 0.743. The van der Waals surface area contributed by atoms with E-state index in [2.05, 4.69) is 4.98 Å². The minimum atomic E-state index is -1.15. The largest absolute Gasteiger partial charge is 0.505 e. The van der Waals surface area contributed by atoms with E-state index in [9.17, 15) is 9.90 Å². The number of aromatic nitrogens is 1. The van der Waals surface area contributed by atoms with Crippen molar-refractivity contribution in [2.45, 2.75) is 13.3 Å². The van der Waals surface area contributed by atoms with Gasteiger partial charge in [-0.05, 0) is 18.6 Å². The molecule has 0 aliphatic carbocycles. The number of hydrogen-bond acceptors (Lipinski definition) is 3. The van der Waals surface area contributed by atoms with Gasteiger partial charge in [0.2, 0.25) is 0 Å². The number of hydrogen-bond donors (Lipinski definition) is 2. The lowest BCUT2D eigenvalue weighted by molar-refractivity contribution is 0.0694. The molecular weight excluding hydrogens is 206 g/mol. The lowest BCUT2D eigenvalue weighted by Crippen LogP contribution is -1.98. The van der Waals surface area contributed by atoms with Crippen LogP contribution in [0.25, 0.3) is 10.9 Å². The highest BCUT2D eigenvalue weighted by molar-refractivity contribution is 5.98. The predicted octanol–water partition coefficient (Wildman–Crippen LogP) is 2.20. The number of aromatic carboxylic acids is 1. The zero-order chi connectivity index (χ0) is 11.7. The van der Waals surface area contributed by atoms with Crippen LogP contribution in [0, 0.1) is 0 Å². The summed E-state index contributed by atoms with van der Waals surface area (Å²) in [6, 6.07) is 6.72. The Labute approximate surface area is 92.2 Å². The molecule has 2 N–H and O–H groups in total. The molecule has 82 valence electrons. The van der Waals surface area contributed by atoms with E-state index >= 15 is 0 Å². The summed E-state index contributed by atoms with van der Waals surface area (Å²) in [4.78, 5) is 15.1. The first-order valence-electron chi connectivity index (χ1n) is 4.98. The van der Waals surface area contributed by atoms with E-state index in [0.717, 1.165) is 17.5 Å². The van der Waals surface area contributed by atoms with Gasteiger partial charge in [0, 0.05) is 11.1 Å². The molecule has 16 heavy (non-hydrogen) atoms. The third-order valence-corrected chi connectivity index (χ3v) is 2.49. The first-order valence-corrected chi connectivity index (χ1v) is 4.98. The monoisotopic (exact) mass is 217 g/mol. The van der Waals surface area contributed by atoms with Crippen LogP contribution in [0.1, 0.15) is 23.0 Å². The first kappa shape index (κ1) is 10.4. The maximum absolute atomic E-state index is 10.8. The van der Waals surface area contributed by atoms with Crippen molar-refractivity contribution in [3.8, 4) is 5.75 Å². The van der Waals surface area contributed by atoms with Gasteiger partial charge in [-0.2, -0.15) is 0 Å². The minimum Gasteiger partial charge on any atom is -0.505 e. The summed E-state index contributed by atoms with van der Waals surface area (Å²) in [6.45, 7) is 1.95. The highest BCUT2D eigenvalue weighted by Gasteiger charge is 2.13.